The minimum atomic E-state index is -0.670. The summed E-state index contributed by atoms with van der Waals surface area (Å²) in [5, 5.41) is 13.1. The molecule has 3 fully saturated rings. The zero-order valence-corrected chi connectivity index (χ0v) is 24.4. The third kappa shape index (κ3) is 3.32. The van der Waals surface area contributed by atoms with Crippen molar-refractivity contribution < 1.29 is 19.1 Å². The standard InChI is InChI=1S/C32H44N2O4/c1-27(2)11-13-32(34-26(37)38-8)14-12-31(7)24(20(32)17-27)21(35)15-23-29(5)16-19(18-33)25(36)28(3,4)22(29)9-10-30(23,31)6/h15-16,20,22,24H,9-14,17H2,1-8H3,(H,34,37)/t20?,22-,24?,29-,30+,31+,32-/m0/s1. The van der Waals surface area contributed by atoms with Gasteiger partial charge in [-0.25, -0.2) is 4.79 Å². The lowest BCUT2D eigenvalue weighted by atomic mass is 9.35. The minimum Gasteiger partial charge on any atom is -0.453 e. The second-order valence-electron chi connectivity index (χ2n) is 15.0. The van der Waals surface area contributed by atoms with Gasteiger partial charge in [-0.2, -0.15) is 5.26 Å². The maximum Gasteiger partial charge on any atom is 0.407 e. The number of Topliss-reactive ketones (excluding diaryl/α,β-unsaturated/α-hetero) is 1. The average molecular weight is 521 g/mol. The van der Waals surface area contributed by atoms with E-state index in [-0.39, 0.29) is 51.1 Å². The summed E-state index contributed by atoms with van der Waals surface area (Å²) < 4.78 is 5.06. The Bertz CT molecular complexity index is 1220. The van der Waals surface area contributed by atoms with Crippen LogP contribution in [0.1, 0.15) is 93.4 Å². The van der Waals surface area contributed by atoms with Crippen LogP contribution < -0.4 is 5.32 Å². The molecule has 0 aromatic heterocycles. The molecule has 0 spiro atoms. The van der Waals surface area contributed by atoms with Gasteiger partial charge in [-0.15, -0.1) is 0 Å². The Balaban J connectivity index is 1.68. The van der Waals surface area contributed by atoms with Crippen molar-refractivity contribution in [3.63, 3.8) is 0 Å². The zero-order valence-electron chi connectivity index (χ0n) is 24.4. The van der Waals surface area contributed by atoms with Crippen molar-refractivity contribution >= 4 is 17.7 Å². The van der Waals surface area contributed by atoms with Crippen molar-refractivity contribution in [1.82, 2.24) is 5.32 Å². The number of amides is 1. The third-order valence-corrected chi connectivity index (χ3v) is 12.4. The van der Waals surface area contributed by atoms with Crippen molar-refractivity contribution in [2.75, 3.05) is 7.11 Å². The van der Waals surface area contributed by atoms with Crippen molar-refractivity contribution in [1.29, 1.82) is 5.26 Å². The van der Waals surface area contributed by atoms with Crippen LogP contribution in [0, 0.1) is 56.2 Å². The molecule has 38 heavy (non-hydrogen) atoms. The van der Waals surface area contributed by atoms with E-state index in [2.05, 4.69) is 46.0 Å². The maximum absolute atomic E-state index is 14.4. The number of fused-ring (bicyclic) bond motifs is 7. The molecule has 6 nitrogen and oxygen atoms in total. The monoisotopic (exact) mass is 520 g/mol. The van der Waals surface area contributed by atoms with Gasteiger partial charge in [0.25, 0.3) is 0 Å². The van der Waals surface area contributed by atoms with E-state index >= 15 is 0 Å². The number of rotatable bonds is 1. The first-order valence-electron chi connectivity index (χ1n) is 14.3. The number of hydrogen-bond donors (Lipinski definition) is 1. The van der Waals surface area contributed by atoms with E-state index in [0.29, 0.717) is 0 Å². The lowest BCUT2D eigenvalue weighted by Gasteiger charge is -2.69. The number of hydrogen-bond acceptors (Lipinski definition) is 5. The van der Waals surface area contributed by atoms with Crippen molar-refractivity contribution in [3.05, 3.63) is 23.3 Å². The molecule has 2 unspecified atom stereocenters. The molecule has 0 radical (unpaired) electrons. The molecule has 5 aliphatic carbocycles. The summed E-state index contributed by atoms with van der Waals surface area (Å²) in [6.07, 6.45) is 9.52. The zero-order chi connectivity index (χ0) is 28.1. The van der Waals surface area contributed by atoms with Crippen LogP contribution in [0.25, 0.3) is 0 Å². The van der Waals surface area contributed by atoms with Crippen molar-refractivity contribution in [2.45, 2.75) is 99.0 Å². The molecule has 0 bridgehead atoms. The summed E-state index contributed by atoms with van der Waals surface area (Å²) in [4.78, 5) is 40.2. The van der Waals surface area contributed by atoms with Crippen LogP contribution in [0.15, 0.2) is 23.3 Å². The Kier molecular flexibility index (Phi) is 5.76. The molecule has 0 aliphatic heterocycles. The summed E-state index contributed by atoms with van der Waals surface area (Å²) in [7, 11) is 1.40. The number of ketones is 2. The SMILES string of the molecule is COC(=O)N[C@]12CCC(C)(C)CC1C1C(=O)C=C3[C@@]4(C)C=C(C#N)C(=O)C(C)(C)[C@@H]4CC[C@@]3(C)[C@]1(C)CC2. The lowest BCUT2D eigenvalue weighted by Crippen LogP contribution is -2.69. The Morgan fingerprint density at radius 3 is 2.32 bits per heavy atom. The molecule has 7 atom stereocenters. The van der Waals surface area contributed by atoms with Gasteiger partial charge in [0.1, 0.15) is 6.07 Å². The summed E-state index contributed by atoms with van der Waals surface area (Å²) in [5.41, 5.74) is -0.812. The number of nitrogens with zero attached hydrogens (tertiary/aromatic N) is 1. The fraction of sp³-hybridized carbons (Fsp3) is 0.750. The van der Waals surface area contributed by atoms with E-state index in [4.69, 9.17) is 4.74 Å². The first-order valence-corrected chi connectivity index (χ1v) is 14.3. The molecule has 0 aromatic carbocycles. The van der Waals surface area contributed by atoms with E-state index in [1.807, 2.05) is 26.0 Å². The second-order valence-corrected chi connectivity index (χ2v) is 15.0. The highest BCUT2D eigenvalue weighted by atomic mass is 16.5. The summed E-state index contributed by atoms with van der Waals surface area (Å²) in [6, 6.07) is 2.17. The molecule has 1 amide bonds. The van der Waals surface area contributed by atoms with Crippen LogP contribution in [0.4, 0.5) is 4.79 Å². The Labute approximate surface area is 227 Å². The number of ether oxygens (including phenoxy) is 1. The molecule has 206 valence electrons. The van der Waals surface area contributed by atoms with Gasteiger partial charge >= 0.3 is 6.09 Å². The molecule has 0 saturated heterocycles. The van der Waals surface area contributed by atoms with Crippen molar-refractivity contribution in [2.24, 2.45) is 44.8 Å². The Morgan fingerprint density at radius 1 is 1.03 bits per heavy atom. The minimum absolute atomic E-state index is 0.0198. The van der Waals surface area contributed by atoms with Gasteiger partial charge in [0.2, 0.25) is 0 Å². The lowest BCUT2D eigenvalue weighted by molar-refractivity contribution is -0.160. The topological polar surface area (TPSA) is 96.3 Å². The number of nitriles is 1. The fourth-order valence-corrected chi connectivity index (χ4v) is 10.1. The predicted molar refractivity (Wildman–Crippen MR) is 145 cm³/mol. The third-order valence-electron chi connectivity index (χ3n) is 12.4. The van der Waals surface area contributed by atoms with Crippen LogP contribution in [0.2, 0.25) is 0 Å². The molecular weight excluding hydrogens is 476 g/mol. The van der Waals surface area contributed by atoms with Gasteiger partial charge in [0, 0.05) is 22.3 Å². The number of alkyl carbamates (subject to hydrolysis) is 1. The van der Waals surface area contributed by atoms with Crippen LogP contribution in [0.3, 0.4) is 0 Å². The Morgan fingerprint density at radius 2 is 1.68 bits per heavy atom. The highest BCUT2D eigenvalue weighted by molar-refractivity contribution is 6.04. The molecular formula is C32H44N2O4. The Hall–Kier alpha value is -2.42. The summed E-state index contributed by atoms with van der Waals surface area (Å²) >= 11 is 0. The van der Waals surface area contributed by atoms with Crippen molar-refractivity contribution in [3.8, 4) is 6.07 Å². The largest absolute Gasteiger partial charge is 0.453 e. The van der Waals surface area contributed by atoms with Gasteiger partial charge < -0.3 is 10.1 Å². The van der Waals surface area contributed by atoms with Crippen LogP contribution in [0.5, 0.6) is 0 Å². The van der Waals surface area contributed by atoms with Gasteiger partial charge in [-0.1, -0.05) is 60.1 Å². The van der Waals surface area contributed by atoms with E-state index in [1.54, 1.807) is 0 Å². The predicted octanol–water partition coefficient (Wildman–Crippen LogP) is 6.31. The second kappa shape index (κ2) is 8.05. The summed E-state index contributed by atoms with van der Waals surface area (Å²) in [6.45, 7) is 15.3. The highest BCUT2D eigenvalue weighted by Gasteiger charge is 2.70. The molecule has 6 heteroatoms. The van der Waals surface area contributed by atoms with E-state index in [1.165, 1.54) is 7.11 Å². The summed E-state index contributed by atoms with van der Waals surface area (Å²) in [5.74, 6) is -0.101. The van der Waals surface area contributed by atoms with Gasteiger partial charge in [-0.3, -0.25) is 9.59 Å². The van der Waals surface area contributed by atoms with E-state index in [9.17, 15) is 19.6 Å². The van der Waals surface area contributed by atoms with Crippen LogP contribution in [-0.4, -0.2) is 30.3 Å². The molecule has 1 N–H and O–H groups in total. The molecule has 0 heterocycles. The first-order chi connectivity index (χ1) is 17.5. The maximum atomic E-state index is 14.4. The van der Waals surface area contributed by atoms with Gasteiger partial charge in [0.15, 0.2) is 11.6 Å². The average Bonchev–Trinajstić information content (AvgIpc) is 2.83. The van der Waals surface area contributed by atoms with E-state index < -0.39 is 22.5 Å². The quantitative estimate of drug-likeness (QED) is 0.437. The number of carbonyl (C=O) groups is 3. The first kappa shape index (κ1) is 27.2. The van der Waals surface area contributed by atoms with Gasteiger partial charge in [0.05, 0.1) is 12.7 Å². The van der Waals surface area contributed by atoms with E-state index in [0.717, 1.165) is 50.5 Å². The van der Waals surface area contributed by atoms with Crippen LogP contribution >= 0.6 is 0 Å². The highest BCUT2D eigenvalue weighted by Crippen LogP contribution is 2.73. The van der Waals surface area contributed by atoms with Gasteiger partial charge in [-0.05, 0) is 79.1 Å². The molecule has 5 aliphatic rings. The van der Waals surface area contributed by atoms with Crippen LogP contribution in [-0.2, 0) is 14.3 Å². The number of methoxy groups -OCH3 is 1. The smallest absolute Gasteiger partial charge is 0.407 e. The fourth-order valence-electron chi connectivity index (χ4n) is 10.1. The molecule has 5 rings (SSSR count). The number of allylic oxidation sites excluding steroid dienone is 4. The number of nitrogens with one attached hydrogen (secondary N) is 1. The number of carbonyl (C=O) groups excluding carboxylic acids is 3. The molecule has 3 saturated carbocycles. The molecule has 0 aromatic rings. The normalized spacial score (nSPS) is 44.7.